The van der Waals surface area contributed by atoms with Gasteiger partial charge in [0.25, 0.3) is 0 Å². The fourth-order valence-corrected chi connectivity index (χ4v) is 1.45. The first kappa shape index (κ1) is 15.2. The molecule has 0 bridgehead atoms. The molecule has 1 fully saturated rings. The average Bonchev–Trinajstić information content (AvgIpc) is 2.44. The fourth-order valence-electron chi connectivity index (χ4n) is 1.45. The normalized spacial score (nSPS) is 13.9. The molecular formula is C15H26O. The maximum atomic E-state index is 7.88. The largest absolute Gasteiger partial charge is 0.396 e. The Morgan fingerprint density at radius 2 is 0.875 bits per heavy atom. The lowest BCUT2D eigenvalue weighted by Crippen LogP contribution is -1.85. The van der Waals surface area contributed by atoms with Crippen LogP contribution in [0.15, 0.2) is 36.4 Å². The molecule has 1 heteroatoms. The van der Waals surface area contributed by atoms with Crippen molar-refractivity contribution in [1.82, 2.24) is 0 Å². The lowest BCUT2D eigenvalue weighted by Gasteiger charge is -2.05. The Bertz CT molecular complexity index is 152. The third-order valence-electron chi connectivity index (χ3n) is 2.39. The summed E-state index contributed by atoms with van der Waals surface area (Å²) in [6.45, 7) is 2.25. The molecular weight excluding hydrogens is 196 g/mol. The third kappa shape index (κ3) is 13.2. The Morgan fingerprint density at radius 3 is 1.00 bits per heavy atom. The van der Waals surface area contributed by atoms with Crippen molar-refractivity contribution in [3.05, 3.63) is 36.4 Å². The summed E-state index contributed by atoms with van der Waals surface area (Å²) in [6, 6.07) is 12.0. The highest BCUT2D eigenvalue weighted by Gasteiger charge is 1.95. The maximum absolute atomic E-state index is 7.88. The van der Waals surface area contributed by atoms with Crippen LogP contribution in [0.3, 0.4) is 0 Å². The minimum absolute atomic E-state index is 0.319. The topological polar surface area (TPSA) is 20.2 Å². The van der Waals surface area contributed by atoms with Gasteiger partial charge in [0.2, 0.25) is 0 Å². The van der Waals surface area contributed by atoms with E-state index in [2.05, 4.69) is 0 Å². The zero-order chi connectivity index (χ0) is 11.9. The molecule has 16 heavy (non-hydrogen) atoms. The molecule has 1 N–H and O–H groups in total. The summed E-state index contributed by atoms with van der Waals surface area (Å²) < 4.78 is 0. The van der Waals surface area contributed by atoms with E-state index in [-0.39, 0.29) is 0 Å². The zero-order valence-electron chi connectivity index (χ0n) is 10.6. The number of hydrogen-bond acceptors (Lipinski definition) is 1. The van der Waals surface area contributed by atoms with E-state index in [0.717, 1.165) is 6.42 Å². The van der Waals surface area contributed by atoms with Crippen LogP contribution in [0.2, 0.25) is 0 Å². The molecule has 1 aromatic rings. The van der Waals surface area contributed by atoms with Gasteiger partial charge < -0.3 is 5.11 Å². The molecule has 1 nitrogen and oxygen atoms in total. The lowest BCUT2D eigenvalue weighted by molar-refractivity contribution is 0.295. The van der Waals surface area contributed by atoms with E-state index in [4.69, 9.17) is 5.11 Å². The van der Waals surface area contributed by atoms with Gasteiger partial charge in [0.15, 0.2) is 0 Å². The van der Waals surface area contributed by atoms with Gasteiger partial charge in [-0.25, -0.2) is 0 Å². The van der Waals surface area contributed by atoms with E-state index in [1.807, 2.05) is 43.3 Å². The second kappa shape index (κ2) is 14.2. The second-order valence-electron chi connectivity index (χ2n) is 4.00. The summed E-state index contributed by atoms with van der Waals surface area (Å²) in [7, 11) is 0. The predicted molar refractivity (Wildman–Crippen MR) is 71.5 cm³/mol. The minimum Gasteiger partial charge on any atom is -0.396 e. The number of rotatable bonds is 1. The highest BCUT2D eigenvalue weighted by molar-refractivity contribution is 4.99. The minimum atomic E-state index is 0.319. The van der Waals surface area contributed by atoms with E-state index < -0.39 is 0 Å². The van der Waals surface area contributed by atoms with Crippen molar-refractivity contribution in [1.29, 1.82) is 0 Å². The quantitative estimate of drug-likeness (QED) is 0.746. The van der Waals surface area contributed by atoms with Crippen LogP contribution in [0, 0.1) is 0 Å². The van der Waals surface area contributed by atoms with Gasteiger partial charge in [0.05, 0.1) is 0 Å². The van der Waals surface area contributed by atoms with Crippen molar-refractivity contribution in [2.45, 2.75) is 51.9 Å². The Hall–Kier alpha value is -0.820. The maximum Gasteiger partial charge on any atom is 0.0428 e. The van der Waals surface area contributed by atoms with Gasteiger partial charge >= 0.3 is 0 Å². The molecule has 1 aliphatic rings. The number of aliphatic hydroxyl groups is 1. The van der Waals surface area contributed by atoms with Gasteiger partial charge in [-0.3, -0.25) is 0 Å². The van der Waals surface area contributed by atoms with Gasteiger partial charge in [0, 0.05) is 6.61 Å². The average molecular weight is 222 g/mol. The van der Waals surface area contributed by atoms with Crippen LogP contribution in [0.4, 0.5) is 0 Å². The van der Waals surface area contributed by atoms with Gasteiger partial charge in [-0.15, -0.1) is 0 Å². The molecule has 0 unspecified atom stereocenters. The van der Waals surface area contributed by atoms with Crippen LogP contribution < -0.4 is 0 Å². The molecule has 1 aliphatic carbocycles. The molecule has 1 aromatic carbocycles. The first-order valence-corrected chi connectivity index (χ1v) is 6.52. The molecule has 0 aliphatic heterocycles. The Morgan fingerprint density at radius 1 is 0.688 bits per heavy atom. The van der Waals surface area contributed by atoms with E-state index in [1.54, 1.807) is 0 Å². The second-order valence-corrected chi connectivity index (χ2v) is 4.00. The van der Waals surface area contributed by atoms with Crippen molar-refractivity contribution in [3.63, 3.8) is 0 Å². The monoisotopic (exact) mass is 222 g/mol. The summed E-state index contributed by atoms with van der Waals surface area (Å²) in [5.41, 5.74) is 0. The molecule has 0 aromatic heterocycles. The molecule has 92 valence electrons. The van der Waals surface area contributed by atoms with Gasteiger partial charge in [-0.05, 0) is 6.42 Å². The molecule has 0 heterocycles. The van der Waals surface area contributed by atoms with E-state index in [0.29, 0.717) is 6.61 Å². The molecule has 0 spiro atoms. The molecule has 0 atom stereocenters. The molecule has 1 saturated carbocycles. The number of aliphatic hydroxyl groups excluding tert-OH is 1. The van der Waals surface area contributed by atoms with Crippen LogP contribution >= 0.6 is 0 Å². The summed E-state index contributed by atoms with van der Waals surface area (Å²) in [5, 5.41) is 7.88. The van der Waals surface area contributed by atoms with Crippen molar-refractivity contribution in [3.8, 4) is 0 Å². The van der Waals surface area contributed by atoms with Gasteiger partial charge in [0.1, 0.15) is 0 Å². The fraction of sp³-hybridized carbons (Fsp3) is 0.600. The van der Waals surface area contributed by atoms with Crippen LogP contribution in [0.1, 0.15) is 51.9 Å². The van der Waals surface area contributed by atoms with Crippen molar-refractivity contribution >= 4 is 0 Å². The third-order valence-corrected chi connectivity index (χ3v) is 2.39. The Kier molecular flexibility index (Phi) is 13.5. The summed E-state index contributed by atoms with van der Waals surface area (Å²) in [4.78, 5) is 0. The molecule has 0 amide bonds. The smallest absolute Gasteiger partial charge is 0.0428 e. The molecule has 2 rings (SSSR count). The highest BCUT2D eigenvalue weighted by atomic mass is 16.2. The van der Waals surface area contributed by atoms with E-state index in [9.17, 15) is 0 Å². The standard InChI is InChI=1S/C6H12.C6H6.C3H8O/c2*1-2-4-6-5-3-1;1-2-3-4/h1-6H2;1-6H;4H,2-3H2,1H3. The zero-order valence-corrected chi connectivity index (χ0v) is 10.6. The van der Waals surface area contributed by atoms with Gasteiger partial charge in [-0.2, -0.15) is 0 Å². The summed E-state index contributed by atoms with van der Waals surface area (Å²) in [5.74, 6) is 0. The number of hydrogen-bond donors (Lipinski definition) is 1. The first-order chi connectivity index (χ1) is 7.91. The van der Waals surface area contributed by atoms with Crippen molar-refractivity contribution in [2.24, 2.45) is 0 Å². The number of benzene rings is 1. The van der Waals surface area contributed by atoms with Crippen LogP contribution in [0.25, 0.3) is 0 Å². The van der Waals surface area contributed by atoms with E-state index in [1.165, 1.54) is 38.5 Å². The SMILES string of the molecule is C1CCCCC1.CCCO.c1ccccc1. The predicted octanol–water partition coefficient (Wildman–Crippen LogP) is 4.42. The Balaban J connectivity index is 0.000000217. The lowest BCUT2D eigenvalue weighted by atomic mass is 10.0. The molecule has 0 radical (unpaired) electrons. The summed E-state index contributed by atoms with van der Waals surface area (Å²) in [6.07, 6.45) is 9.88. The highest BCUT2D eigenvalue weighted by Crippen LogP contribution is 2.15. The molecule has 0 saturated heterocycles. The van der Waals surface area contributed by atoms with Gasteiger partial charge in [-0.1, -0.05) is 81.8 Å². The Labute approximate surface area is 101 Å². The first-order valence-electron chi connectivity index (χ1n) is 6.52. The van der Waals surface area contributed by atoms with Crippen molar-refractivity contribution < 1.29 is 5.11 Å². The van der Waals surface area contributed by atoms with Crippen LogP contribution in [-0.2, 0) is 0 Å². The van der Waals surface area contributed by atoms with Crippen molar-refractivity contribution in [2.75, 3.05) is 6.61 Å². The van der Waals surface area contributed by atoms with Crippen LogP contribution in [-0.4, -0.2) is 11.7 Å². The van der Waals surface area contributed by atoms with E-state index >= 15 is 0 Å². The van der Waals surface area contributed by atoms with Crippen LogP contribution in [0.5, 0.6) is 0 Å². The summed E-state index contributed by atoms with van der Waals surface area (Å²) >= 11 is 0.